The Kier molecular flexibility index (Phi) is 24.6. The molecule has 1 fully saturated rings. The number of amides is 11. The van der Waals surface area contributed by atoms with Crippen molar-refractivity contribution in [3.63, 3.8) is 0 Å². The topological polar surface area (TPSA) is 369 Å². The van der Waals surface area contributed by atoms with Crippen molar-refractivity contribution in [2.45, 2.75) is 96.8 Å². The molecule has 1 aliphatic heterocycles. The molecule has 0 saturated carbocycles. The van der Waals surface area contributed by atoms with E-state index in [0.717, 1.165) is 23.8 Å². The van der Waals surface area contributed by atoms with Gasteiger partial charge in [0.25, 0.3) is 11.8 Å². The number of aliphatic hydroxyl groups is 1. The number of rotatable bonds is 31. The van der Waals surface area contributed by atoms with Crippen LogP contribution >= 0.6 is 0 Å². The molecule has 28 heteroatoms. The highest BCUT2D eigenvalue weighted by atomic mass is 19.1. The van der Waals surface area contributed by atoms with E-state index in [2.05, 4.69) is 42.2 Å². The van der Waals surface area contributed by atoms with Crippen molar-refractivity contribution in [2.24, 2.45) is 11.1 Å². The number of carbonyl (C=O) groups is 12. The number of aromatic nitrogens is 2. The van der Waals surface area contributed by atoms with Gasteiger partial charge >= 0.3 is 5.97 Å². The molecule has 1 saturated heterocycles. The number of nitrogens with zero attached hydrogens (tertiary/aromatic N) is 4. The molecule has 2 aromatic heterocycles. The van der Waals surface area contributed by atoms with Crippen LogP contribution in [0.15, 0.2) is 85.3 Å². The lowest BCUT2D eigenvalue weighted by molar-refractivity contribution is -0.197. The molecule has 10 N–H and O–H groups in total. The summed E-state index contributed by atoms with van der Waals surface area (Å²) in [5.41, 5.74) is 6.56. The molecule has 1 aliphatic rings. The Bertz CT molecular complexity index is 3030. The van der Waals surface area contributed by atoms with E-state index in [9.17, 15) is 67.0 Å². The zero-order valence-corrected chi connectivity index (χ0v) is 46.5. The van der Waals surface area contributed by atoms with Crippen LogP contribution in [-0.2, 0) is 75.3 Å². The molecule has 11 amide bonds. The molecule has 0 unspecified atom stereocenters. The van der Waals surface area contributed by atoms with Crippen LogP contribution in [0.25, 0.3) is 11.1 Å². The van der Waals surface area contributed by atoms with Crippen molar-refractivity contribution in [1.82, 2.24) is 56.7 Å². The Hall–Kier alpha value is -9.47. The van der Waals surface area contributed by atoms with Crippen molar-refractivity contribution >= 4 is 70.9 Å². The second-order valence-electron chi connectivity index (χ2n) is 20.4. The summed E-state index contributed by atoms with van der Waals surface area (Å²) in [6, 6.07) is 12.5. The maximum absolute atomic E-state index is 15.4. The van der Waals surface area contributed by atoms with Crippen LogP contribution in [0, 0.1) is 17.0 Å². The molecule has 0 spiro atoms. The lowest BCUT2D eigenvalue weighted by atomic mass is 9.82. The molecule has 26 nitrogen and oxygen atoms in total. The first-order valence-corrected chi connectivity index (χ1v) is 26.7. The Balaban J connectivity index is 1.31. The first-order valence-electron chi connectivity index (χ1n) is 26.7. The average molecular weight is 1170 g/mol. The molecule has 450 valence electrons. The lowest BCUT2D eigenvalue weighted by Gasteiger charge is -2.41. The molecule has 3 heterocycles. The third-order valence-electron chi connectivity index (χ3n) is 12.8. The fraction of sp³-hybridized carbons (Fsp3) is 0.411. The van der Waals surface area contributed by atoms with E-state index in [1.807, 2.05) is 18.2 Å². The molecule has 84 heavy (non-hydrogen) atoms. The van der Waals surface area contributed by atoms with Crippen molar-refractivity contribution < 1.29 is 76.3 Å². The number of primary amides is 1. The van der Waals surface area contributed by atoms with Gasteiger partial charge in [0, 0.05) is 87.3 Å². The summed E-state index contributed by atoms with van der Waals surface area (Å²) in [6.07, 6.45) is 2.53. The molecule has 4 aromatic rings. The van der Waals surface area contributed by atoms with E-state index < -0.39 is 152 Å². The molecule has 5 rings (SSSR count). The van der Waals surface area contributed by atoms with Crippen LogP contribution < -0.4 is 43.0 Å². The highest BCUT2D eigenvalue weighted by Crippen LogP contribution is 2.41. The number of carbonyl (C=O) groups excluding carboxylic acids is 12. The predicted molar refractivity (Wildman–Crippen MR) is 293 cm³/mol. The number of nitrogens with two attached hydrogens (primary N) is 1. The van der Waals surface area contributed by atoms with Gasteiger partial charge in [0.1, 0.15) is 30.3 Å². The van der Waals surface area contributed by atoms with Crippen LogP contribution in [0.3, 0.4) is 0 Å². The van der Waals surface area contributed by atoms with Gasteiger partial charge in [0.2, 0.25) is 53.2 Å². The Morgan fingerprint density at radius 1 is 0.726 bits per heavy atom. The minimum Gasteiger partial charge on any atom is -0.387 e. The van der Waals surface area contributed by atoms with Gasteiger partial charge in [-0.2, -0.15) is 0 Å². The summed E-state index contributed by atoms with van der Waals surface area (Å²) >= 11 is 0. The number of imide groups is 1. The second kappa shape index (κ2) is 31.7. The van der Waals surface area contributed by atoms with Crippen molar-refractivity contribution in [1.29, 1.82) is 0 Å². The molecule has 0 radical (unpaired) electrons. The molecular weight excluding hydrogens is 1100 g/mol. The fourth-order valence-corrected chi connectivity index (χ4v) is 8.77. The summed E-state index contributed by atoms with van der Waals surface area (Å²) < 4.78 is 31.8. The predicted octanol–water partition coefficient (Wildman–Crippen LogP) is -0.379. The molecule has 2 aromatic carbocycles. The van der Waals surface area contributed by atoms with Crippen LogP contribution in [0.4, 0.5) is 8.78 Å². The van der Waals surface area contributed by atoms with E-state index >= 15 is 4.39 Å². The molecule has 3 atom stereocenters. The maximum atomic E-state index is 15.4. The van der Waals surface area contributed by atoms with Gasteiger partial charge in [-0.3, -0.25) is 57.7 Å². The van der Waals surface area contributed by atoms with Crippen LogP contribution in [0.5, 0.6) is 0 Å². The van der Waals surface area contributed by atoms with E-state index in [0.29, 0.717) is 16.3 Å². The number of halogens is 2. The summed E-state index contributed by atoms with van der Waals surface area (Å²) in [4.78, 5) is 163. The first kappa shape index (κ1) is 65.3. The van der Waals surface area contributed by atoms with Gasteiger partial charge in [0.05, 0.1) is 38.5 Å². The van der Waals surface area contributed by atoms with Crippen LogP contribution in [0.1, 0.15) is 88.6 Å². The fourth-order valence-electron chi connectivity index (χ4n) is 8.77. The quantitative estimate of drug-likeness (QED) is 0.0229. The summed E-state index contributed by atoms with van der Waals surface area (Å²) in [7, 11) is 0. The first-order chi connectivity index (χ1) is 39.9. The van der Waals surface area contributed by atoms with Crippen molar-refractivity contribution in [2.75, 3.05) is 45.9 Å². The highest BCUT2D eigenvalue weighted by Gasteiger charge is 2.39. The minimum atomic E-state index is -1.75. The SMILES string of the molecule is CC(C)(C)[C@H](c1cc(-c2cc(F)ccc2F)cn1Cc1ccccc1)N(CC[C@H](NC(=O)[C@H](CC(N)=O)NC(=O)CNC(=O)CNC(=O)Cc1ccncc1)C(=O)NCCNC(=O)CNC(=O)CCCC(=O)ON1C(=O)CCC1=O)C(=O)CO. The molecule has 0 bridgehead atoms. The molecular formula is C56H68F2N12O14. The van der Waals surface area contributed by atoms with E-state index in [4.69, 9.17) is 10.6 Å². The highest BCUT2D eigenvalue weighted by molar-refractivity contribution is 6.01. The summed E-state index contributed by atoms with van der Waals surface area (Å²) in [6.45, 7) is 1.78. The monoisotopic (exact) mass is 1170 g/mol. The lowest BCUT2D eigenvalue weighted by Crippen LogP contribution is -2.57. The number of hydrogen-bond acceptors (Lipinski definition) is 15. The third-order valence-corrected chi connectivity index (χ3v) is 12.8. The summed E-state index contributed by atoms with van der Waals surface area (Å²) in [5, 5.41) is 27.8. The number of nitrogens with one attached hydrogen (secondary N) is 7. The largest absolute Gasteiger partial charge is 0.387 e. The van der Waals surface area contributed by atoms with E-state index in [1.165, 1.54) is 17.3 Å². The second-order valence-corrected chi connectivity index (χ2v) is 20.4. The van der Waals surface area contributed by atoms with Crippen LogP contribution in [0.2, 0.25) is 0 Å². The normalized spacial score (nSPS) is 13.1. The smallest absolute Gasteiger partial charge is 0.333 e. The van der Waals surface area contributed by atoms with E-state index in [-0.39, 0.29) is 69.3 Å². The number of aliphatic hydroxyl groups excluding tert-OH is 1. The zero-order valence-electron chi connectivity index (χ0n) is 46.5. The Morgan fingerprint density at radius 3 is 2.01 bits per heavy atom. The third kappa shape index (κ3) is 20.8. The van der Waals surface area contributed by atoms with Crippen LogP contribution in [-0.4, -0.2) is 154 Å². The average Bonchev–Trinajstić information content (AvgIpc) is 3.04. The summed E-state index contributed by atoms with van der Waals surface area (Å²) in [5.74, 6) is -11.2. The van der Waals surface area contributed by atoms with Gasteiger partial charge in [-0.05, 0) is 65.8 Å². The van der Waals surface area contributed by atoms with E-state index in [1.54, 1.807) is 61.9 Å². The minimum absolute atomic E-state index is 0.0414. The zero-order chi connectivity index (χ0) is 61.5. The Labute approximate surface area is 481 Å². The van der Waals surface area contributed by atoms with Gasteiger partial charge in [-0.25, -0.2) is 13.6 Å². The van der Waals surface area contributed by atoms with Gasteiger partial charge in [0.15, 0.2) is 0 Å². The van der Waals surface area contributed by atoms with Crippen molar-refractivity contribution in [3.05, 3.63) is 114 Å². The van der Waals surface area contributed by atoms with Crippen molar-refractivity contribution in [3.8, 4) is 11.1 Å². The number of benzene rings is 2. The van der Waals surface area contributed by atoms with Gasteiger partial charge < -0.3 is 62.4 Å². The molecule has 0 aliphatic carbocycles. The standard InChI is InChI=1S/C56H68F2N12O14/c1-56(2,3)53(42-25-36(38-26-37(57)12-13-39(38)58)32-68(42)31-35-8-5-4-6-9-35)69(51(80)33-71)23-18-40(54(82)62-22-21-61-46(75)28-63-44(73)10-7-11-52(81)84-70-49(78)14-15-50(70)79)67-55(83)41(27-43(59)72)66-48(77)30-65-47(76)29-64-45(74)24-34-16-19-60-20-17-34/h4-6,8-9,12-13,16-17,19-20,25-26,32,40-41,53,71H,7,10-11,14-15,18,21-24,27-31,33H2,1-3H3,(H2,59,72)(H,61,75)(H,62,82)(H,63,73)(H,64,74)(H,65,76)(H,66,77)(H,67,83)/t40-,41-,53-/m0/s1. The van der Waals surface area contributed by atoms with Gasteiger partial charge in [-0.1, -0.05) is 51.1 Å². The number of hydroxylamine groups is 2. The Morgan fingerprint density at radius 2 is 1.36 bits per heavy atom. The number of pyridine rings is 1. The number of hydrogen-bond donors (Lipinski definition) is 9. The maximum Gasteiger partial charge on any atom is 0.333 e. The van der Waals surface area contributed by atoms with Gasteiger partial charge in [-0.15, -0.1) is 5.06 Å².